The number of primary amides is 1. The minimum atomic E-state index is -0.524. The molecule has 0 atom stereocenters. The van der Waals surface area contributed by atoms with E-state index in [9.17, 15) is 9.59 Å². The Kier molecular flexibility index (Phi) is 4.78. The van der Waals surface area contributed by atoms with E-state index in [1.54, 1.807) is 24.3 Å². The van der Waals surface area contributed by atoms with Crippen LogP contribution in [-0.2, 0) is 4.79 Å². The van der Waals surface area contributed by atoms with Crippen LogP contribution in [0.4, 0.5) is 11.4 Å². The van der Waals surface area contributed by atoms with E-state index in [4.69, 9.17) is 5.73 Å². The molecule has 114 valence electrons. The van der Waals surface area contributed by atoms with Crippen molar-refractivity contribution < 1.29 is 9.59 Å². The van der Waals surface area contributed by atoms with Gasteiger partial charge in [-0.2, -0.15) is 0 Å². The summed E-state index contributed by atoms with van der Waals surface area (Å²) in [4.78, 5) is 23.0. The third-order valence-electron chi connectivity index (χ3n) is 3.39. The lowest BCUT2D eigenvalue weighted by molar-refractivity contribution is -0.114. The lowest BCUT2D eigenvalue weighted by Gasteiger charge is -2.10. The van der Waals surface area contributed by atoms with Crippen molar-refractivity contribution in [2.75, 3.05) is 17.2 Å². The summed E-state index contributed by atoms with van der Waals surface area (Å²) in [6, 6.07) is 12.5. The maximum absolute atomic E-state index is 11.9. The van der Waals surface area contributed by atoms with Gasteiger partial charge in [-0.1, -0.05) is 12.1 Å². The van der Waals surface area contributed by atoms with Gasteiger partial charge in [-0.15, -0.1) is 0 Å². The Morgan fingerprint density at radius 2 is 1.77 bits per heavy atom. The van der Waals surface area contributed by atoms with Crippen LogP contribution in [0, 0.1) is 13.8 Å². The number of hydrogen-bond donors (Lipinski definition) is 3. The van der Waals surface area contributed by atoms with Gasteiger partial charge >= 0.3 is 0 Å². The Morgan fingerprint density at radius 3 is 2.45 bits per heavy atom. The quantitative estimate of drug-likeness (QED) is 0.792. The first-order chi connectivity index (χ1) is 10.5. The van der Waals surface area contributed by atoms with Crippen molar-refractivity contribution in [3.05, 3.63) is 59.2 Å². The van der Waals surface area contributed by atoms with Crippen molar-refractivity contribution in [2.45, 2.75) is 13.8 Å². The third-order valence-corrected chi connectivity index (χ3v) is 3.39. The molecule has 0 aliphatic carbocycles. The van der Waals surface area contributed by atoms with Crippen LogP contribution in [0.2, 0.25) is 0 Å². The molecular formula is C17H19N3O2. The fourth-order valence-electron chi connectivity index (χ4n) is 1.99. The van der Waals surface area contributed by atoms with E-state index in [2.05, 4.69) is 10.6 Å². The van der Waals surface area contributed by atoms with E-state index >= 15 is 0 Å². The lowest BCUT2D eigenvalue weighted by Crippen LogP contribution is -2.22. The molecule has 5 heteroatoms. The van der Waals surface area contributed by atoms with Gasteiger partial charge in [-0.25, -0.2) is 0 Å². The molecule has 0 saturated carbocycles. The van der Waals surface area contributed by atoms with Crippen LogP contribution in [0.3, 0.4) is 0 Å². The standard InChI is InChI=1S/C17H19N3O2/c1-11-6-7-14(8-12(11)2)19-10-16(21)20-15-5-3-4-13(9-15)17(18)22/h3-9,19H,10H2,1-2H3,(H2,18,22)(H,20,21). The Labute approximate surface area is 129 Å². The van der Waals surface area contributed by atoms with Crippen molar-refractivity contribution >= 4 is 23.2 Å². The molecule has 4 N–H and O–H groups in total. The third kappa shape index (κ3) is 4.09. The van der Waals surface area contributed by atoms with E-state index in [0.717, 1.165) is 5.69 Å². The van der Waals surface area contributed by atoms with Crippen LogP contribution < -0.4 is 16.4 Å². The molecule has 0 radical (unpaired) electrons. The van der Waals surface area contributed by atoms with Crippen LogP contribution >= 0.6 is 0 Å². The number of amides is 2. The Balaban J connectivity index is 1.94. The molecule has 0 aliphatic rings. The normalized spacial score (nSPS) is 10.1. The van der Waals surface area contributed by atoms with Gasteiger partial charge in [-0.3, -0.25) is 9.59 Å². The van der Waals surface area contributed by atoms with Gasteiger partial charge in [-0.05, 0) is 55.3 Å². The molecule has 0 aromatic heterocycles. The molecule has 0 saturated heterocycles. The molecular weight excluding hydrogens is 278 g/mol. The highest BCUT2D eigenvalue weighted by molar-refractivity contribution is 5.97. The molecule has 0 spiro atoms. The highest BCUT2D eigenvalue weighted by Crippen LogP contribution is 2.14. The molecule has 0 heterocycles. The molecule has 2 aromatic carbocycles. The number of carbonyl (C=O) groups is 2. The van der Waals surface area contributed by atoms with Crippen molar-refractivity contribution in [2.24, 2.45) is 5.73 Å². The fraction of sp³-hybridized carbons (Fsp3) is 0.176. The molecule has 0 unspecified atom stereocenters. The molecule has 2 rings (SSSR count). The zero-order valence-electron chi connectivity index (χ0n) is 12.6. The van der Waals surface area contributed by atoms with E-state index in [-0.39, 0.29) is 12.5 Å². The van der Waals surface area contributed by atoms with Gasteiger partial charge in [0.25, 0.3) is 0 Å². The first-order valence-electron chi connectivity index (χ1n) is 6.96. The van der Waals surface area contributed by atoms with Gasteiger partial charge in [0.05, 0.1) is 6.54 Å². The summed E-state index contributed by atoms with van der Waals surface area (Å²) in [5.74, 6) is -0.718. The number of aryl methyl sites for hydroxylation is 2. The summed E-state index contributed by atoms with van der Waals surface area (Å²) in [5.41, 5.74) is 9.38. The van der Waals surface area contributed by atoms with E-state index < -0.39 is 5.91 Å². The maximum atomic E-state index is 11.9. The summed E-state index contributed by atoms with van der Waals surface area (Å²) in [6.45, 7) is 4.21. The number of benzene rings is 2. The summed E-state index contributed by atoms with van der Waals surface area (Å²) in [7, 11) is 0. The van der Waals surface area contributed by atoms with Crippen LogP contribution in [0.5, 0.6) is 0 Å². The highest BCUT2D eigenvalue weighted by atomic mass is 16.2. The second-order valence-electron chi connectivity index (χ2n) is 5.15. The maximum Gasteiger partial charge on any atom is 0.248 e. The van der Waals surface area contributed by atoms with Crippen molar-refractivity contribution in [3.8, 4) is 0 Å². The zero-order valence-corrected chi connectivity index (χ0v) is 12.6. The second kappa shape index (κ2) is 6.76. The number of rotatable bonds is 5. The van der Waals surface area contributed by atoms with Crippen molar-refractivity contribution in [1.29, 1.82) is 0 Å². The van der Waals surface area contributed by atoms with Crippen molar-refractivity contribution in [1.82, 2.24) is 0 Å². The first-order valence-corrected chi connectivity index (χ1v) is 6.96. The van der Waals surface area contributed by atoms with Gasteiger partial charge in [0.2, 0.25) is 11.8 Å². The number of hydrogen-bond acceptors (Lipinski definition) is 3. The summed E-state index contributed by atoms with van der Waals surface area (Å²) in [5, 5.41) is 5.79. The smallest absolute Gasteiger partial charge is 0.248 e. The number of nitrogens with one attached hydrogen (secondary N) is 2. The zero-order chi connectivity index (χ0) is 16.1. The monoisotopic (exact) mass is 297 g/mol. The predicted molar refractivity (Wildman–Crippen MR) is 88.0 cm³/mol. The summed E-state index contributed by atoms with van der Waals surface area (Å²) >= 11 is 0. The summed E-state index contributed by atoms with van der Waals surface area (Å²) in [6.07, 6.45) is 0. The lowest BCUT2D eigenvalue weighted by atomic mass is 10.1. The first kappa shape index (κ1) is 15.6. The number of carbonyl (C=O) groups excluding carboxylic acids is 2. The van der Waals surface area contributed by atoms with Crippen molar-refractivity contribution in [3.63, 3.8) is 0 Å². The molecule has 2 aromatic rings. The average molecular weight is 297 g/mol. The van der Waals surface area contributed by atoms with Crippen LogP contribution in [0.25, 0.3) is 0 Å². The minimum Gasteiger partial charge on any atom is -0.376 e. The van der Waals surface area contributed by atoms with Gasteiger partial charge in [0, 0.05) is 16.9 Å². The van der Waals surface area contributed by atoms with Crippen LogP contribution in [-0.4, -0.2) is 18.4 Å². The molecule has 2 amide bonds. The van der Waals surface area contributed by atoms with Crippen LogP contribution in [0.1, 0.15) is 21.5 Å². The minimum absolute atomic E-state index is 0.142. The summed E-state index contributed by atoms with van der Waals surface area (Å²) < 4.78 is 0. The van der Waals surface area contributed by atoms with Crippen LogP contribution in [0.15, 0.2) is 42.5 Å². The molecule has 0 fully saturated rings. The molecule has 5 nitrogen and oxygen atoms in total. The molecule has 0 aliphatic heterocycles. The topological polar surface area (TPSA) is 84.2 Å². The highest BCUT2D eigenvalue weighted by Gasteiger charge is 2.05. The molecule has 0 bridgehead atoms. The van der Waals surface area contributed by atoms with E-state index in [0.29, 0.717) is 11.3 Å². The number of anilines is 2. The second-order valence-corrected chi connectivity index (χ2v) is 5.15. The van der Waals surface area contributed by atoms with Gasteiger partial charge in [0.1, 0.15) is 0 Å². The van der Waals surface area contributed by atoms with E-state index in [1.165, 1.54) is 11.1 Å². The Hall–Kier alpha value is -2.82. The predicted octanol–water partition coefficient (Wildman–Crippen LogP) is 2.45. The average Bonchev–Trinajstić information content (AvgIpc) is 2.49. The van der Waals surface area contributed by atoms with E-state index in [1.807, 2.05) is 32.0 Å². The largest absolute Gasteiger partial charge is 0.376 e. The number of nitrogens with two attached hydrogens (primary N) is 1. The molecule has 22 heavy (non-hydrogen) atoms. The Morgan fingerprint density at radius 1 is 1.00 bits per heavy atom. The van der Waals surface area contributed by atoms with Gasteiger partial charge in [0.15, 0.2) is 0 Å². The SMILES string of the molecule is Cc1ccc(NCC(=O)Nc2cccc(C(N)=O)c2)cc1C. The Bertz CT molecular complexity index is 711. The fourth-order valence-corrected chi connectivity index (χ4v) is 1.99. The van der Waals surface area contributed by atoms with Gasteiger partial charge < -0.3 is 16.4 Å².